The number of carbonyl (C=O) groups is 2. The van der Waals surface area contributed by atoms with Crippen LogP contribution in [0.5, 0.6) is 0 Å². The topological polar surface area (TPSA) is 112 Å². The predicted octanol–water partition coefficient (Wildman–Crippen LogP) is 3.29. The number of carbonyl (C=O) groups excluding carboxylic acids is 2. The lowest BCUT2D eigenvalue weighted by molar-refractivity contribution is -0.138. The molecule has 0 spiro atoms. The second kappa shape index (κ2) is 8.86. The van der Waals surface area contributed by atoms with Gasteiger partial charge in [-0.3, -0.25) is 9.59 Å². The first kappa shape index (κ1) is 22.6. The van der Waals surface area contributed by atoms with E-state index >= 15 is 0 Å². The van der Waals surface area contributed by atoms with Crippen LogP contribution in [-0.2, 0) is 11.8 Å². The minimum Gasteiger partial charge on any atom is -0.384 e. The molecule has 0 bridgehead atoms. The highest BCUT2D eigenvalue weighted by Crippen LogP contribution is 2.31. The molecule has 34 heavy (non-hydrogen) atoms. The maximum Gasteiger partial charge on any atom is 0.251 e. The van der Waals surface area contributed by atoms with E-state index in [1.54, 1.807) is 17.0 Å². The number of likely N-dealkylation sites (tertiary alicyclic amines) is 1. The number of aromatic nitrogens is 3. The molecule has 1 aliphatic heterocycles. The first-order valence-electron chi connectivity index (χ1n) is 10.9. The summed E-state index contributed by atoms with van der Waals surface area (Å²) in [6.45, 7) is 2.36. The van der Waals surface area contributed by atoms with Crippen molar-refractivity contribution in [1.29, 1.82) is 0 Å². The van der Waals surface area contributed by atoms with Gasteiger partial charge in [-0.1, -0.05) is 22.9 Å². The number of hydrogen-bond donors (Lipinski definition) is 3. The molecule has 2 amide bonds. The third-order valence-electron chi connectivity index (χ3n) is 5.90. The number of aryl methyl sites for hydroxylation is 1. The highest BCUT2D eigenvalue weighted by Gasteiger charge is 2.29. The van der Waals surface area contributed by atoms with Crippen molar-refractivity contribution in [3.8, 4) is 0 Å². The molecule has 2 aromatic carbocycles. The van der Waals surface area contributed by atoms with Crippen molar-refractivity contribution in [1.82, 2.24) is 24.8 Å². The summed E-state index contributed by atoms with van der Waals surface area (Å²) >= 11 is 7.56. The van der Waals surface area contributed by atoms with E-state index in [1.807, 2.05) is 35.9 Å². The summed E-state index contributed by atoms with van der Waals surface area (Å²) in [5.41, 5.74) is 2.90. The zero-order chi connectivity index (χ0) is 24.0. The molecule has 2 aromatic heterocycles. The summed E-state index contributed by atoms with van der Waals surface area (Å²) in [5.74, 6) is 0.0742. The first-order chi connectivity index (χ1) is 16.3. The maximum absolute atomic E-state index is 12.8. The van der Waals surface area contributed by atoms with Gasteiger partial charge in [-0.2, -0.15) is 0 Å². The molecule has 176 valence electrons. The number of nitrogens with zero attached hydrogens (tertiary/aromatic N) is 4. The molecule has 3 heterocycles. The minimum absolute atomic E-state index is 0.153. The average Bonchev–Trinajstić information content (AvgIpc) is 3.50. The predicted molar refractivity (Wildman–Crippen MR) is 133 cm³/mol. The largest absolute Gasteiger partial charge is 0.384 e. The van der Waals surface area contributed by atoms with E-state index in [9.17, 15) is 14.7 Å². The van der Waals surface area contributed by atoms with Crippen LogP contribution in [0.4, 0.5) is 11.1 Å². The standard InChI is InChI=1S/C23H23ClN6O3S/c1-12(31)21(33)30-8-7-15(11-30)25-20(32)13-3-6-18-17(9-13)26-22(29(18)2)28-23-27-16-5-4-14(24)10-19(16)34-23/h3-6,9-10,12,15,31H,7-8,11H2,1-2H3,(H,25,32)(H,26,27,28)/t12?,15-/m1/s1. The lowest BCUT2D eigenvalue weighted by Gasteiger charge is -2.18. The Morgan fingerprint density at radius 1 is 1.21 bits per heavy atom. The number of benzene rings is 2. The van der Waals surface area contributed by atoms with Crippen molar-refractivity contribution in [3.63, 3.8) is 0 Å². The smallest absolute Gasteiger partial charge is 0.251 e. The molecule has 11 heteroatoms. The summed E-state index contributed by atoms with van der Waals surface area (Å²) in [4.78, 5) is 35.6. The van der Waals surface area contributed by atoms with Gasteiger partial charge in [-0.05, 0) is 49.7 Å². The molecule has 1 aliphatic rings. The summed E-state index contributed by atoms with van der Waals surface area (Å²) in [6, 6.07) is 10.8. The SMILES string of the molecule is CC(O)C(=O)N1CC[C@@H](NC(=O)c2ccc3c(c2)nc(Nc2nc4ccc(Cl)cc4s2)n3C)C1. The fraction of sp³-hybridized carbons (Fsp3) is 0.304. The number of hydrogen-bond acceptors (Lipinski definition) is 7. The van der Waals surface area contributed by atoms with Crippen molar-refractivity contribution in [3.05, 3.63) is 47.0 Å². The summed E-state index contributed by atoms with van der Waals surface area (Å²) < 4.78 is 2.89. The first-order valence-corrected chi connectivity index (χ1v) is 12.1. The van der Waals surface area contributed by atoms with E-state index in [0.717, 1.165) is 15.7 Å². The van der Waals surface area contributed by atoms with E-state index in [0.29, 0.717) is 46.7 Å². The molecule has 5 rings (SSSR count). The number of imidazole rings is 1. The third kappa shape index (κ3) is 4.31. The van der Waals surface area contributed by atoms with Gasteiger partial charge in [0.1, 0.15) is 6.10 Å². The zero-order valence-corrected chi connectivity index (χ0v) is 20.2. The number of thiazole rings is 1. The Balaban J connectivity index is 1.31. The highest BCUT2D eigenvalue weighted by molar-refractivity contribution is 7.22. The maximum atomic E-state index is 12.8. The number of aliphatic hydroxyl groups excluding tert-OH is 1. The van der Waals surface area contributed by atoms with Crippen molar-refractivity contribution in [2.75, 3.05) is 18.4 Å². The highest BCUT2D eigenvalue weighted by atomic mass is 35.5. The van der Waals surface area contributed by atoms with Gasteiger partial charge in [0.05, 0.1) is 21.3 Å². The summed E-state index contributed by atoms with van der Waals surface area (Å²) in [6.07, 6.45) is -0.387. The molecule has 2 atom stereocenters. The Labute approximate surface area is 204 Å². The molecule has 1 saturated heterocycles. The van der Waals surface area contributed by atoms with Gasteiger partial charge in [-0.15, -0.1) is 0 Å². The van der Waals surface area contributed by atoms with Crippen molar-refractivity contribution in [2.45, 2.75) is 25.5 Å². The van der Waals surface area contributed by atoms with E-state index in [4.69, 9.17) is 11.6 Å². The third-order valence-corrected chi connectivity index (χ3v) is 7.07. The molecule has 0 aliphatic carbocycles. The van der Waals surface area contributed by atoms with E-state index in [2.05, 4.69) is 20.6 Å². The van der Waals surface area contributed by atoms with Gasteiger partial charge < -0.3 is 25.2 Å². The molecule has 3 N–H and O–H groups in total. The van der Waals surface area contributed by atoms with Gasteiger partial charge in [-0.25, -0.2) is 9.97 Å². The second-order valence-corrected chi connectivity index (χ2v) is 9.84. The van der Waals surface area contributed by atoms with Gasteiger partial charge in [0.15, 0.2) is 5.13 Å². The summed E-state index contributed by atoms with van der Waals surface area (Å²) in [5, 5.41) is 17.1. The zero-order valence-electron chi connectivity index (χ0n) is 18.6. The number of halogens is 1. The van der Waals surface area contributed by atoms with Crippen LogP contribution in [0, 0.1) is 0 Å². The number of nitrogens with one attached hydrogen (secondary N) is 2. The van der Waals surface area contributed by atoms with E-state index in [-0.39, 0.29) is 17.9 Å². The Morgan fingerprint density at radius 2 is 2.03 bits per heavy atom. The molecule has 0 radical (unpaired) electrons. The van der Waals surface area contributed by atoms with Crippen LogP contribution < -0.4 is 10.6 Å². The fourth-order valence-electron chi connectivity index (χ4n) is 4.11. The molecular weight excluding hydrogens is 476 g/mol. The molecule has 0 saturated carbocycles. The number of fused-ring (bicyclic) bond motifs is 2. The molecule has 4 aromatic rings. The van der Waals surface area contributed by atoms with Gasteiger partial charge >= 0.3 is 0 Å². The van der Waals surface area contributed by atoms with Crippen LogP contribution in [0.1, 0.15) is 23.7 Å². The van der Waals surface area contributed by atoms with Crippen LogP contribution in [0.15, 0.2) is 36.4 Å². The van der Waals surface area contributed by atoms with Crippen LogP contribution in [-0.4, -0.2) is 61.6 Å². The molecule has 1 fully saturated rings. The molecule has 9 nitrogen and oxygen atoms in total. The average molecular weight is 499 g/mol. The Bertz CT molecular complexity index is 1410. The van der Waals surface area contributed by atoms with Crippen LogP contribution in [0.2, 0.25) is 5.02 Å². The van der Waals surface area contributed by atoms with E-state index in [1.165, 1.54) is 18.3 Å². The van der Waals surface area contributed by atoms with Gasteiger partial charge in [0.2, 0.25) is 5.95 Å². The quantitative estimate of drug-likeness (QED) is 0.389. The van der Waals surface area contributed by atoms with Crippen molar-refractivity contribution in [2.24, 2.45) is 7.05 Å². The Morgan fingerprint density at radius 3 is 2.82 bits per heavy atom. The van der Waals surface area contributed by atoms with Crippen LogP contribution >= 0.6 is 22.9 Å². The lowest BCUT2D eigenvalue weighted by atomic mass is 10.1. The number of amides is 2. The monoisotopic (exact) mass is 498 g/mol. The fourth-order valence-corrected chi connectivity index (χ4v) is 5.25. The Kier molecular flexibility index (Phi) is 5.88. The Hall–Kier alpha value is -3.21. The number of rotatable bonds is 5. The second-order valence-electron chi connectivity index (χ2n) is 8.37. The normalized spacial score (nSPS) is 16.8. The van der Waals surface area contributed by atoms with Crippen LogP contribution in [0.3, 0.4) is 0 Å². The van der Waals surface area contributed by atoms with Crippen LogP contribution in [0.25, 0.3) is 21.3 Å². The minimum atomic E-state index is -1.04. The lowest BCUT2D eigenvalue weighted by Crippen LogP contribution is -2.40. The number of aliphatic hydroxyl groups is 1. The summed E-state index contributed by atoms with van der Waals surface area (Å²) in [7, 11) is 1.90. The van der Waals surface area contributed by atoms with E-state index < -0.39 is 6.10 Å². The molecular formula is C23H23ClN6O3S. The number of anilines is 2. The molecule has 1 unspecified atom stereocenters. The van der Waals surface area contributed by atoms with Crippen molar-refractivity contribution >= 4 is 67.1 Å². The van der Waals surface area contributed by atoms with Gasteiger partial charge in [0, 0.05) is 36.8 Å². The van der Waals surface area contributed by atoms with Gasteiger partial charge in [0.25, 0.3) is 11.8 Å². The van der Waals surface area contributed by atoms with Crippen molar-refractivity contribution < 1.29 is 14.7 Å².